The van der Waals surface area contributed by atoms with Crippen LogP contribution in [0.5, 0.6) is 0 Å². The maximum Gasteiger partial charge on any atom is 0.00377 e. The van der Waals surface area contributed by atoms with E-state index in [1.54, 1.807) is 11.1 Å². The topological polar surface area (TPSA) is 0 Å². The van der Waals surface area contributed by atoms with E-state index in [1.807, 2.05) is 0 Å². The molecule has 0 aliphatic heterocycles. The first kappa shape index (κ1) is 7.81. The number of hydrogen-bond donors (Lipinski definition) is 0. The van der Waals surface area contributed by atoms with Gasteiger partial charge >= 0.3 is 0 Å². The molecule has 66 valence electrons. The molecule has 0 radical (unpaired) electrons. The first-order chi connectivity index (χ1) is 6.34. The third-order valence-corrected chi connectivity index (χ3v) is 3.79. The lowest BCUT2D eigenvalue weighted by Gasteiger charge is -2.15. The van der Waals surface area contributed by atoms with Crippen molar-refractivity contribution in [2.24, 2.45) is 0 Å². The molecule has 1 aromatic carbocycles. The van der Waals surface area contributed by atoms with E-state index in [9.17, 15) is 0 Å². The minimum Gasteiger partial charge on any atom is -0.0668 e. The van der Waals surface area contributed by atoms with Crippen molar-refractivity contribution in [1.82, 2.24) is 0 Å². The van der Waals surface area contributed by atoms with E-state index in [0.29, 0.717) is 5.92 Å². The van der Waals surface area contributed by atoms with Gasteiger partial charge in [-0.1, -0.05) is 46.3 Å². The fourth-order valence-electron chi connectivity index (χ4n) is 2.65. The third kappa shape index (κ3) is 1.10. The zero-order valence-corrected chi connectivity index (χ0v) is 8.92. The predicted molar refractivity (Wildman–Crippen MR) is 58.2 cm³/mol. The molecule has 0 heterocycles. The van der Waals surface area contributed by atoms with Gasteiger partial charge in [-0.15, -0.1) is 0 Å². The van der Waals surface area contributed by atoms with E-state index in [2.05, 4.69) is 46.3 Å². The molecule has 1 heteroatoms. The van der Waals surface area contributed by atoms with Crippen LogP contribution in [0.25, 0.3) is 0 Å². The summed E-state index contributed by atoms with van der Waals surface area (Å²) in [4.78, 5) is 0. The number of allylic oxidation sites excluding steroid dienone is 2. The summed E-state index contributed by atoms with van der Waals surface area (Å²) in [6, 6.07) is 8.89. The van der Waals surface area contributed by atoms with Crippen LogP contribution in [0, 0.1) is 0 Å². The molecule has 2 bridgehead atoms. The first-order valence-corrected chi connectivity index (χ1v) is 5.59. The lowest BCUT2D eigenvalue weighted by Crippen LogP contribution is -1.98. The fourth-order valence-corrected chi connectivity index (χ4v) is 3.36. The molecule has 0 nitrogen and oxygen atoms in total. The quantitative estimate of drug-likeness (QED) is 0.638. The zero-order valence-electron chi connectivity index (χ0n) is 7.33. The van der Waals surface area contributed by atoms with Gasteiger partial charge in [-0.3, -0.25) is 0 Å². The fraction of sp³-hybridized carbons (Fsp3) is 0.333. The van der Waals surface area contributed by atoms with Crippen molar-refractivity contribution in [3.05, 3.63) is 46.0 Å². The molecule has 0 aromatic heterocycles. The molecule has 0 fully saturated rings. The van der Waals surface area contributed by atoms with E-state index < -0.39 is 0 Å². The monoisotopic (exact) mass is 234 g/mol. The Bertz CT molecular complexity index is 378. The van der Waals surface area contributed by atoms with E-state index >= 15 is 0 Å². The Kier molecular flexibility index (Phi) is 1.63. The average Bonchev–Trinajstić information content (AvgIpc) is 2.41. The zero-order chi connectivity index (χ0) is 8.84. The summed E-state index contributed by atoms with van der Waals surface area (Å²) in [5.74, 6) is 1.46. The van der Waals surface area contributed by atoms with Gasteiger partial charge in [0.1, 0.15) is 0 Å². The minimum absolute atomic E-state index is 0.685. The molecule has 0 saturated carbocycles. The molecule has 13 heavy (non-hydrogen) atoms. The number of halogens is 1. The average molecular weight is 235 g/mol. The second kappa shape index (κ2) is 2.71. The number of rotatable bonds is 0. The number of hydrogen-bond acceptors (Lipinski definition) is 0. The predicted octanol–water partition coefficient (Wildman–Crippen LogP) is 3.94. The van der Waals surface area contributed by atoms with Crippen LogP contribution in [0.1, 0.15) is 35.8 Å². The Morgan fingerprint density at radius 2 is 1.92 bits per heavy atom. The van der Waals surface area contributed by atoms with Gasteiger partial charge in [0.05, 0.1) is 0 Å². The van der Waals surface area contributed by atoms with E-state index in [4.69, 9.17) is 0 Å². The van der Waals surface area contributed by atoms with Gasteiger partial charge in [-0.2, -0.15) is 0 Å². The Morgan fingerprint density at radius 1 is 1.15 bits per heavy atom. The minimum atomic E-state index is 0.685. The van der Waals surface area contributed by atoms with Gasteiger partial charge < -0.3 is 0 Å². The Labute approximate surface area is 86.8 Å². The molecule has 0 spiro atoms. The van der Waals surface area contributed by atoms with Gasteiger partial charge in [-0.25, -0.2) is 0 Å². The van der Waals surface area contributed by atoms with E-state index in [-0.39, 0.29) is 0 Å². The highest BCUT2D eigenvalue weighted by molar-refractivity contribution is 9.11. The van der Waals surface area contributed by atoms with Gasteiger partial charge in [-0.05, 0) is 34.4 Å². The lowest BCUT2D eigenvalue weighted by atomic mass is 9.93. The highest BCUT2D eigenvalue weighted by Crippen LogP contribution is 2.50. The van der Waals surface area contributed by atoms with Crippen LogP contribution in [-0.2, 0) is 0 Å². The van der Waals surface area contributed by atoms with E-state index in [1.165, 1.54) is 17.3 Å². The Morgan fingerprint density at radius 3 is 2.77 bits per heavy atom. The molecule has 0 N–H and O–H groups in total. The number of fused-ring (bicyclic) bond motifs is 5. The summed E-state index contributed by atoms with van der Waals surface area (Å²) < 4.78 is 1.39. The molecular weight excluding hydrogens is 224 g/mol. The summed E-state index contributed by atoms with van der Waals surface area (Å²) in [5, 5.41) is 0. The van der Waals surface area contributed by atoms with Gasteiger partial charge in [0.15, 0.2) is 0 Å². The molecule has 0 amide bonds. The third-order valence-electron chi connectivity index (χ3n) is 3.20. The van der Waals surface area contributed by atoms with Crippen LogP contribution in [0.15, 0.2) is 34.8 Å². The molecule has 2 aliphatic rings. The number of benzene rings is 1. The highest BCUT2D eigenvalue weighted by atomic mass is 79.9. The first-order valence-electron chi connectivity index (χ1n) is 4.79. The molecule has 3 rings (SSSR count). The van der Waals surface area contributed by atoms with Crippen molar-refractivity contribution in [3.8, 4) is 0 Å². The Hall–Kier alpha value is -0.560. The van der Waals surface area contributed by atoms with Crippen molar-refractivity contribution in [3.63, 3.8) is 0 Å². The lowest BCUT2D eigenvalue weighted by molar-refractivity contribution is 0.622. The molecular formula is C12H11Br. The smallest absolute Gasteiger partial charge is 0.00377 e. The molecule has 2 aliphatic carbocycles. The van der Waals surface area contributed by atoms with Crippen LogP contribution in [0.3, 0.4) is 0 Å². The largest absolute Gasteiger partial charge is 0.0668 e. The van der Waals surface area contributed by atoms with Gasteiger partial charge in [0.2, 0.25) is 0 Å². The van der Waals surface area contributed by atoms with Crippen molar-refractivity contribution in [2.75, 3.05) is 0 Å². The molecule has 2 atom stereocenters. The van der Waals surface area contributed by atoms with Crippen LogP contribution in [-0.4, -0.2) is 0 Å². The second-order valence-electron chi connectivity index (χ2n) is 3.99. The molecule has 0 saturated heterocycles. The Balaban J connectivity index is 2.17. The van der Waals surface area contributed by atoms with Crippen LogP contribution >= 0.6 is 15.9 Å². The summed E-state index contributed by atoms with van der Waals surface area (Å²) in [6.45, 7) is 0. The van der Waals surface area contributed by atoms with Crippen molar-refractivity contribution >= 4 is 15.9 Å². The maximum atomic E-state index is 3.63. The van der Waals surface area contributed by atoms with Crippen molar-refractivity contribution in [2.45, 2.75) is 24.7 Å². The van der Waals surface area contributed by atoms with Gasteiger partial charge in [0.25, 0.3) is 0 Å². The van der Waals surface area contributed by atoms with Crippen molar-refractivity contribution in [1.29, 1.82) is 0 Å². The summed E-state index contributed by atoms with van der Waals surface area (Å²) in [7, 11) is 0. The summed E-state index contributed by atoms with van der Waals surface area (Å²) in [6.07, 6.45) is 4.91. The van der Waals surface area contributed by atoms with Crippen LogP contribution < -0.4 is 0 Å². The van der Waals surface area contributed by atoms with Crippen LogP contribution in [0.4, 0.5) is 0 Å². The molecule has 0 unspecified atom stereocenters. The normalized spacial score (nSPS) is 29.8. The van der Waals surface area contributed by atoms with E-state index in [0.717, 1.165) is 5.92 Å². The highest BCUT2D eigenvalue weighted by Gasteiger charge is 2.32. The second-order valence-corrected chi connectivity index (χ2v) is 5.00. The summed E-state index contributed by atoms with van der Waals surface area (Å²) in [5.41, 5.74) is 3.14. The molecule has 1 aromatic rings. The van der Waals surface area contributed by atoms with Gasteiger partial charge in [0, 0.05) is 5.92 Å². The van der Waals surface area contributed by atoms with Crippen LogP contribution in [0.2, 0.25) is 0 Å². The summed E-state index contributed by atoms with van der Waals surface area (Å²) >= 11 is 3.63. The van der Waals surface area contributed by atoms with Crippen molar-refractivity contribution < 1.29 is 0 Å². The maximum absolute atomic E-state index is 3.63. The standard InChI is InChI=1S/C12H11Br/c13-10-6-8-5-9(7-10)12-4-2-1-3-11(8)12/h1-4,6,8-9H,5,7H2/t8-,9+/m1/s1. The SMILES string of the molecule is BrC1=C[C@H]2C[C@@H](C1)c1ccccc12.